The standard InChI is InChI=1S/C28H23FN4O3/c29-22-13-8-19(9-14-22)4-1-2-17-35-23-15-10-20(11-16-23)7-12-21-5-3-6-24-25(34)18-26(36-27(21)24)28-30-32-33-31-28/h3,5-16,18H,1-2,4,17H2,(H,30,31,32,33)/b12-7+. The van der Waals surface area contributed by atoms with Gasteiger partial charge in [0.05, 0.1) is 12.0 Å². The Morgan fingerprint density at radius 1 is 0.972 bits per heavy atom. The Bertz CT molecular complexity index is 1530. The smallest absolute Gasteiger partial charge is 0.239 e. The van der Waals surface area contributed by atoms with E-state index in [9.17, 15) is 9.18 Å². The van der Waals surface area contributed by atoms with Crippen molar-refractivity contribution in [2.24, 2.45) is 0 Å². The van der Waals surface area contributed by atoms with Gasteiger partial charge in [0.25, 0.3) is 0 Å². The van der Waals surface area contributed by atoms with Crippen LogP contribution in [0.2, 0.25) is 0 Å². The quantitative estimate of drug-likeness (QED) is 0.214. The lowest BCUT2D eigenvalue weighted by atomic mass is 10.1. The van der Waals surface area contributed by atoms with E-state index >= 15 is 0 Å². The van der Waals surface area contributed by atoms with Gasteiger partial charge in [-0.15, -0.1) is 10.2 Å². The number of tetrazole rings is 1. The van der Waals surface area contributed by atoms with Crippen LogP contribution in [-0.4, -0.2) is 27.2 Å². The minimum atomic E-state index is -0.210. The summed E-state index contributed by atoms with van der Waals surface area (Å²) in [5, 5.41) is 14.1. The van der Waals surface area contributed by atoms with Crippen LogP contribution in [0.3, 0.4) is 0 Å². The lowest BCUT2D eigenvalue weighted by Crippen LogP contribution is -2.01. The molecule has 0 saturated carbocycles. The normalized spacial score (nSPS) is 11.4. The fourth-order valence-corrected chi connectivity index (χ4v) is 3.84. The first kappa shape index (κ1) is 23.2. The lowest BCUT2D eigenvalue weighted by molar-refractivity contribution is 0.307. The molecule has 0 aliphatic carbocycles. The molecular weight excluding hydrogens is 459 g/mol. The first-order chi connectivity index (χ1) is 17.7. The zero-order valence-corrected chi connectivity index (χ0v) is 19.4. The second kappa shape index (κ2) is 10.8. The van der Waals surface area contributed by atoms with Crippen molar-refractivity contribution in [3.63, 3.8) is 0 Å². The Hall–Kier alpha value is -4.59. The van der Waals surface area contributed by atoms with Gasteiger partial charge in [-0.2, -0.15) is 5.21 Å². The first-order valence-electron chi connectivity index (χ1n) is 11.6. The molecule has 0 spiro atoms. The molecule has 0 aliphatic rings. The van der Waals surface area contributed by atoms with E-state index in [0.717, 1.165) is 41.7 Å². The molecule has 0 fully saturated rings. The van der Waals surface area contributed by atoms with Gasteiger partial charge < -0.3 is 9.15 Å². The molecule has 2 heterocycles. The summed E-state index contributed by atoms with van der Waals surface area (Å²) in [5.74, 6) is 1.06. The number of ether oxygens (including phenoxy) is 1. The van der Waals surface area contributed by atoms with E-state index in [0.29, 0.717) is 17.6 Å². The maximum Gasteiger partial charge on any atom is 0.239 e. The number of hydrogen-bond acceptors (Lipinski definition) is 6. The van der Waals surface area contributed by atoms with Crippen molar-refractivity contribution >= 4 is 23.1 Å². The van der Waals surface area contributed by atoms with Gasteiger partial charge in [-0.05, 0) is 65.9 Å². The monoisotopic (exact) mass is 482 g/mol. The zero-order valence-electron chi connectivity index (χ0n) is 19.4. The van der Waals surface area contributed by atoms with Gasteiger partial charge >= 0.3 is 0 Å². The summed E-state index contributed by atoms with van der Waals surface area (Å²) in [6.45, 7) is 0.619. The Balaban J connectivity index is 1.21. The summed E-state index contributed by atoms with van der Waals surface area (Å²) in [7, 11) is 0. The highest BCUT2D eigenvalue weighted by Crippen LogP contribution is 2.24. The van der Waals surface area contributed by atoms with Crippen LogP contribution in [0.25, 0.3) is 34.7 Å². The molecule has 7 nitrogen and oxygen atoms in total. The van der Waals surface area contributed by atoms with Crippen LogP contribution in [0, 0.1) is 5.82 Å². The SMILES string of the molecule is O=c1cc(-c2nn[nH]n2)oc2c(/C=C/c3ccc(OCCCCc4ccc(F)cc4)cc3)cccc12. The molecular formula is C28H23FN4O3. The van der Waals surface area contributed by atoms with Gasteiger partial charge in [-0.25, -0.2) is 4.39 Å². The third kappa shape index (κ3) is 5.55. The minimum Gasteiger partial charge on any atom is -0.494 e. The van der Waals surface area contributed by atoms with Crippen LogP contribution >= 0.6 is 0 Å². The summed E-state index contributed by atoms with van der Waals surface area (Å²) in [6.07, 6.45) is 6.64. The van der Waals surface area contributed by atoms with Gasteiger partial charge in [0.2, 0.25) is 5.82 Å². The molecule has 5 rings (SSSR count). The largest absolute Gasteiger partial charge is 0.494 e. The van der Waals surface area contributed by atoms with Crippen molar-refractivity contribution < 1.29 is 13.5 Å². The van der Waals surface area contributed by atoms with Crippen LogP contribution < -0.4 is 10.2 Å². The highest BCUT2D eigenvalue weighted by molar-refractivity contribution is 5.89. The van der Waals surface area contributed by atoms with Crippen molar-refractivity contribution in [2.45, 2.75) is 19.3 Å². The summed E-state index contributed by atoms with van der Waals surface area (Å²) >= 11 is 0. The van der Waals surface area contributed by atoms with E-state index in [1.54, 1.807) is 6.07 Å². The van der Waals surface area contributed by atoms with Crippen LogP contribution in [0.15, 0.2) is 82.0 Å². The highest BCUT2D eigenvalue weighted by atomic mass is 19.1. The predicted octanol–water partition coefficient (Wildman–Crippen LogP) is 5.68. The maximum atomic E-state index is 13.0. The van der Waals surface area contributed by atoms with E-state index in [1.165, 1.54) is 18.2 Å². The Morgan fingerprint density at radius 2 is 1.81 bits per heavy atom. The average molecular weight is 483 g/mol. The van der Waals surface area contributed by atoms with Crippen molar-refractivity contribution in [1.82, 2.24) is 20.6 Å². The second-order valence-corrected chi connectivity index (χ2v) is 8.27. The van der Waals surface area contributed by atoms with Crippen LogP contribution in [-0.2, 0) is 6.42 Å². The molecule has 3 aromatic carbocycles. The van der Waals surface area contributed by atoms with Crippen LogP contribution in [0.5, 0.6) is 5.75 Å². The van der Waals surface area contributed by atoms with Gasteiger partial charge in [0.1, 0.15) is 17.1 Å². The molecule has 0 saturated heterocycles. The number of nitrogens with one attached hydrogen (secondary N) is 1. The van der Waals surface area contributed by atoms with E-state index in [-0.39, 0.29) is 22.8 Å². The summed E-state index contributed by atoms with van der Waals surface area (Å²) < 4.78 is 24.8. The third-order valence-corrected chi connectivity index (χ3v) is 5.73. The molecule has 8 heteroatoms. The number of hydrogen-bond donors (Lipinski definition) is 1. The number of benzene rings is 3. The molecule has 0 unspecified atom stereocenters. The number of rotatable bonds is 9. The van der Waals surface area contributed by atoms with Crippen LogP contribution in [0.1, 0.15) is 29.5 Å². The second-order valence-electron chi connectivity index (χ2n) is 8.27. The first-order valence-corrected chi connectivity index (χ1v) is 11.6. The number of H-pyrrole nitrogens is 1. The molecule has 0 aliphatic heterocycles. The lowest BCUT2D eigenvalue weighted by Gasteiger charge is -2.07. The van der Waals surface area contributed by atoms with Crippen molar-refractivity contribution in [2.75, 3.05) is 6.61 Å². The highest BCUT2D eigenvalue weighted by Gasteiger charge is 2.12. The zero-order chi connectivity index (χ0) is 24.7. The Morgan fingerprint density at radius 3 is 2.58 bits per heavy atom. The molecule has 36 heavy (non-hydrogen) atoms. The van der Waals surface area contributed by atoms with Crippen molar-refractivity contribution in [3.8, 4) is 17.3 Å². The molecule has 180 valence electrons. The summed E-state index contributed by atoms with van der Waals surface area (Å²) in [6, 6.07) is 21.2. The number of unbranched alkanes of at least 4 members (excludes halogenated alkanes) is 1. The molecule has 0 bridgehead atoms. The number of para-hydroxylation sites is 1. The third-order valence-electron chi connectivity index (χ3n) is 5.73. The minimum absolute atomic E-state index is 0.175. The van der Waals surface area contributed by atoms with Crippen LogP contribution in [0.4, 0.5) is 4.39 Å². The Labute approximate surface area is 206 Å². The van der Waals surface area contributed by atoms with Crippen molar-refractivity contribution in [1.29, 1.82) is 0 Å². The van der Waals surface area contributed by atoms with E-state index < -0.39 is 0 Å². The topological polar surface area (TPSA) is 93.9 Å². The van der Waals surface area contributed by atoms with E-state index in [1.807, 2.05) is 60.7 Å². The van der Waals surface area contributed by atoms with Gasteiger partial charge in [0.15, 0.2) is 11.2 Å². The number of fused-ring (bicyclic) bond motifs is 1. The fourth-order valence-electron chi connectivity index (χ4n) is 3.84. The number of aromatic nitrogens is 4. The molecule has 0 radical (unpaired) electrons. The number of aromatic amines is 1. The van der Waals surface area contributed by atoms with Crippen molar-refractivity contribution in [3.05, 3.63) is 106 Å². The van der Waals surface area contributed by atoms with Gasteiger partial charge in [-0.1, -0.05) is 48.6 Å². The number of aryl methyl sites for hydroxylation is 1. The molecule has 2 aromatic heterocycles. The van der Waals surface area contributed by atoms with E-state index in [4.69, 9.17) is 9.15 Å². The summed E-state index contributed by atoms with van der Waals surface area (Å²) in [5.41, 5.74) is 3.15. The van der Waals surface area contributed by atoms with Gasteiger partial charge in [0, 0.05) is 11.6 Å². The molecule has 0 atom stereocenters. The molecule has 0 amide bonds. The van der Waals surface area contributed by atoms with Gasteiger partial charge in [-0.3, -0.25) is 4.79 Å². The van der Waals surface area contributed by atoms with E-state index in [2.05, 4.69) is 20.6 Å². The molecule has 5 aromatic rings. The number of nitrogens with zero attached hydrogens (tertiary/aromatic N) is 3. The average Bonchev–Trinajstić information content (AvgIpc) is 3.44. The fraction of sp³-hybridized carbons (Fsp3) is 0.143. The number of halogens is 1. The predicted molar refractivity (Wildman–Crippen MR) is 136 cm³/mol. The Kier molecular flexibility index (Phi) is 6.93. The summed E-state index contributed by atoms with van der Waals surface area (Å²) in [4.78, 5) is 12.6. The maximum absolute atomic E-state index is 13.0. The molecule has 1 N–H and O–H groups in total.